The highest BCUT2D eigenvalue weighted by Crippen LogP contribution is 2.30. The van der Waals surface area contributed by atoms with Crippen LogP contribution < -0.4 is 4.74 Å². The summed E-state index contributed by atoms with van der Waals surface area (Å²) in [5.74, 6) is 1.53. The van der Waals surface area contributed by atoms with Crippen molar-refractivity contribution in [3.05, 3.63) is 60.2 Å². The molecule has 1 N–H and O–H groups in total. The van der Waals surface area contributed by atoms with Gasteiger partial charge in [0, 0.05) is 6.54 Å². The van der Waals surface area contributed by atoms with Crippen molar-refractivity contribution in [3.8, 4) is 11.5 Å². The van der Waals surface area contributed by atoms with Gasteiger partial charge in [0.1, 0.15) is 11.5 Å². The minimum Gasteiger partial charge on any atom is -0.481 e. The molecule has 0 radical (unpaired) electrons. The lowest BCUT2D eigenvalue weighted by molar-refractivity contribution is -0.137. The molecule has 1 aliphatic rings. The first kappa shape index (κ1) is 16.5. The van der Waals surface area contributed by atoms with Crippen molar-refractivity contribution in [2.24, 2.45) is 0 Å². The molecule has 0 amide bonds. The molecule has 1 saturated heterocycles. The molecule has 2 aromatic carbocycles. The largest absolute Gasteiger partial charge is 0.481 e. The van der Waals surface area contributed by atoms with E-state index in [1.165, 1.54) is 5.56 Å². The van der Waals surface area contributed by atoms with Crippen LogP contribution >= 0.6 is 0 Å². The third kappa shape index (κ3) is 4.59. The van der Waals surface area contributed by atoms with Crippen LogP contribution in [-0.4, -0.2) is 35.6 Å². The van der Waals surface area contributed by atoms with Crippen molar-refractivity contribution in [2.75, 3.05) is 19.6 Å². The van der Waals surface area contributed by atoms with E-state index in [2.05, 4.69) is 17.0 Å². The number of aliphatic carboxylic acids is 1. The Labute approximate surface area is 142 Å². The van der Waals surface area contributed by atoms with Crippen LogP contribution in [0.3, 0.4) is 0 Å². The number of carbonyl (C=O) groups is 1. The minimum absolute atomic E-state index is 0.232. The van der Waals surface area contributed by atoms with Gasteiger partial charge in [-0.15, -0.1) is 0 Å². The third-order valence-corrected chi connectivity index (χ3v) is 4.56. The third-order valence-electron chi connectivity index (χ3n) is 4.56. The maximum atomic E-state index is 10.7. The number of benzene rings is 2. The number of carboxylic acid groups (broad SMARTS) is 1. The van der Waals surface area contributed by atoms with Crippen molar-refractivity contribution < 1.29 is 14.6 Å². The van der Waals surface area contributed by atoms with Gasteiger partial charge in [-0.3, -0.25) is 4.79 Å². The van der Waals surface area contributed by atoms with E-state index in [1.807, 2.05) is 42.5 Å². The smallest absolute Gasteiger partial charge is 0.304 e. The molecule has 0 saturated carbocycles. The number of rotatable bonds is 6. The molecule has 126 valence electrons. The van der Waals surface area contributed by atoms with Crippen LogP contribution in [0.25, 0.3) is 0 Å². The van der Waals surface area contributed by atoms with Crippen LogP contribution in [0, 0.1) is 0 Å². The number of para-hydroxylation sites is 1. The van der Waals surface area contributed by atoms with E-state index in [0.717, 1.165) is 37.4 Å². The number of ether oxygens (including phenoxy) is 1. The lowest BCUT2D eigenvalue weighted by Crippen LogP contribution is -2.34. The van der Waals surface area contributed by atoms with Gasteiger partial charge < -0.3 is 14.7 Å². The number of nitrogens with zero attached hydrogens (tertiary/aromatic N) is 1. The van der Waals surface area contributed by atoms with Crippen LogP contribution in [0.15, 0.2) is 54.6 Å². The van der Waals surface area contributed by atoms with Gasteiger partial charge in [-0.05, 0) is 61.7 Å². The summed E-state index contributed by atoms with van der Waals surface area (Å²) in [6.07, 6.45) is 2.40. The van der Waals surface area contributed by atoms with E-state index >= 15 is 0 Å². The van der Waals surface area contributed by atoms with Gasteiger partial charge in [-0.1, -0.05) is 30.3 Å². The standard InChI is InChI=1S/C20H23NO3/c22-20(23)12-15-21-13-10-17(11-14-21)16-6-8-19(9-7-16)24-18-4-2-1-3-5-18/h1-9,17H,10-15H2,(H,22,23). The zero-order chi connectivity index (χ0) is 16.8. The van der Waals surface area contributed by atoms with Crippen LogP contribution in [0.2, 0.25) is 0 Å². The molecule has 1 fully saturated rings. The summed E-state index contributed by atoms with van der Waals surface area (Å²) in [5, 5.41) is 8.77. The van der Waals surface area contributed by atoms with Gasteiger partial charge >= 0.3 is 5.97 Å². The molecular weight excluding hydrogens is 302 g/mol. The second kappa shape index (κ2) is 7.97. The fourth-order valence-corrected chi connectivity index (χ4v) is 3.18. The van der Waals surface area contributed by atoms with E-state index in [0.29, 0.717) is 12.5 Å². The maximum absolute atomic E-state index is 10.7. The van der Waals surface area contributed by atoms with Gasteiger partial charge in [-0.25, -0.2) is 0 Å². The maximum Gasteiger partial charge on any atom is 0.304 e. The summed E-state index contributed by atoms with van der Waals surface area (Å²) in [6, 6.07) is 18.1. The quantitative estimate of drug-likeness (QED) is 0.867. The highest BCUT2D eigenvalue weighted by Gasteiger charge is 2.20. The number of hydrogen-bond donors (Lipinski definition) is 1. The van der Waals surface area contributed by atoms with Gasteiger partial charge in [-0.2, -0.15) is 0 Å². The Morgan fingerprint density at radius 3 is 2.25 bits per heavy atom. The first-order chi connectivity index (χ1) is 11.7. The molecule has 0 aliphatic carbocycles. The summed E-state index contributed by atoms with van der Waals surface area (Å²) >= 11 is 0. The van der Waals surface area contributed by atoms with E-state index in [4.69, 9.17) is 9.84 Å². The van der Waals surface area contributed by atoms with E-state index in [9.17, 15) is 4.79 Å². The molecule has 0 atom stereocenters. The first-order valence-corrected chi connectivity index (χ1v) is 8.48. The molecule has 4 heteroatoms. The van der Waals surface area contributed by atoms with E-state index in [-0.39, 0.29) is 6.42 Å². The molecule has 0 spiro atoms. The Balaban J connectivity index is 1.52. The van der Waals surface area contributed by atoms with Crippen molar-refractivity contribution in [1.82, 2.24) is 4.90 Å². The van der Waals surface area contributed by atoms with Crippen LogP contribution in [0.1, 0.15) is 30.7 Å². The van der Waals surface area contributed by atoms with Gasteiger partial charge in [0.25, 0.3) is 0 Å². The average Bonchev–Trinajstić information content (AvgIpc) is 2.62. The fraction of sp³-hybridized carbons (Fsp3) is 0.350. The first-order valence-electron chi connectivity index (χ1n) is 8.48. The highest BCUT2D eigenvalue weighted by molar-refractivity contribution is 5.66. The summed E-state index contributed by atoms with van der Waals surface area (Å²) in [4.78, 5) is 12.9. The van der Waals surface area contributed by atoms with Crippen molar-refractivity contribution in [1.29, 1.82) is 0 Å². The zero-order valence-electron chi connectivity index (χ0n) is 13.7. The van der Waals surface area contributed by atoms with Crippen LogP contribution in [-0.2, 0) is 4.79 Å². The van der Waals surface area contributed by atoms with E-state index in [1.54, 1.807) is 0 Å². The second-order valence-electron chi connectivity index (χ2n) is 6.24. The number of carboxylic acids is 1. The summed E-state index contributed by atoms with van der Waals surface area (Å²) < 4.78 is 5.83. The number of hydrogen-bond acceptors (Lipinski definition) is 3. The van der Waals surface area contributed by atoms with E-state index < -0.39 is 5.97 Å². The second-order valence-corrected chi connectivity index (χ2v) is 6.24. The number of piperidine rings is 1. The van der Waals surface area contributed by atoms with Crippen molar-refractivity contribution in [3.63, 3.8) is 0 Å². The Kier molecular flexibility index (Phi) is 5.49. The zero-order valence-corrected chi connectivity index (χ0v) is 13.7. The Bertz CT molecular complexity index is 646. The molecule has 2 aromatic rings. The van der Waals surface area contributed by atoms with Crippen molar-refractivity contribution >= 4 is 5.97 Å². The molecule has 24 heavy (non-hydrogen) atoms. The summed E-state index contributed by atoms with van der Waals surface area (Å²) in [7, 11) is 0. The average molecular weight is 325 g/mol. The lowest BCUT2D eigenvalue weighted by atomic mass is 9.89. The molecule has 0 unspecified atom stereocenters. The lowest BCUT2D eigenvalue weighted by Gasteiger charge is -2.31. The monoisotopic (exact) mass is 325 g/mol. The minimum atomic E-state index is -0.717. The van der Waals surface area contributed by atoms with Crippen molar-refractivity contribution in [2.45, 2.75) is 25.2 Å². The Morgan fingerprint density at radius 2 is 1.62 bits per heavy atom. The predicted octanol–water partition coefficient (Wildman–Crippen LogP) is 4.13. The van der Waals surface area contributed by atoms with Crippen LogP contribution in [0.5, 0.6) is 11.5 Å². The number of likely N-dealkylation sites (tertiary alicyclic amines) is 1. The van der Waals surface area contributed by atoms with Gasteiger partial charge in [0.2, 0.25) is 0 Å². The Morgan fingerprint density at radius 1 is 1.00 bits per heavy atom. The molecule has 0 bridgehead atoms. The van der Waals surface area contributed by atoms with Gasteiger partial charge in [0.05, 0.1) is 6.42 Å². The Hall–Kier alpha value is -2.33. The molecule has 0 aromatic heterocycles. The topological polar surface area (TPSA) is 49.8 Å². The molecule has 1 heterocycles. The normalized spacial score (nSPS) is 16.0. The van der Waals surface area contributed by atoms with Crippen LogP contribution in [0.4, 0.5) is 0 Å². The fourth-order valence-electron chi connectivity index (χ4n) is 3.18. The highest BCUT2D eigenvalue weighted by atomic mass is 16.5. The summed E-state index contributed by atoms with van der Waals surface area (Å²) in [6.45, 7) is 2.60. The van der Waals surface area contributed by atoms with Gasteiger partial charge in [0.15, 0.2) is 0 Å². The molecule has 1 aliphatic heterocycles. The molecular formula is C20H23NO3. The molecule has 3 rings (SSSR count). The predicted molar refractivity (Wildman–Crippen MR) is 93.6 cm³/mol. The molecule has 4 nitrogen and oxygen atoms in total. The SMILES string of the molecule is O=C(O)CCN1CCC(c2ccc(Oc3ccccc3)cc2)CC1. The summed E-state index contributed by atoms with van der Waals surface area (Å²) in [5.41, 5.74) is 1.34.